The van der Waals surface area contributed by atoms with Gasteiger partial charge >= 0.3 is 0 Å². The van der Waals surface area contributed by atoms with Crippen LogP contribution in [0.2, 0.25) is 0 Å². The highest BCUT2D eigenvalue weighted by Crippen LogP contribution is 2.63. The monoisotopic (exact) mass is 164 g/mol. The number of hydrogen-bond acceptors (Lipinski definition) is 1. The molecular formula is C11H16O. The van der Waals surface area contributed by atoms with Gasteiger partial charge in [-0.05, 0) is 23.8 Å². The van der Waals surface area contributed by atoms with Crippen LogP contribution in [-0.2, 0) is 4.79 Å². The topological polar surface area (TPSA) is 17.1 Å². The van der Waals surface area contributed by atoms with E-state index in [1.54, 1.807) is 0 Å². The molecule has 0 heterocycles. The summed E-state index contributed by atoms with van der Waals surface area (Å²) in [5.74, 6) is 0.305. The normalized spacial score (nSPS) is 46.8. The summed E-state index contributed by atoms with van der Waals surface area (Å²) in [6.07, 6.45) is 4.37. The summed E-state index contributed by atoms with van der Waals surface area (Å²) < 4.78 is 0. The molecular weight excluding hydrogens is 148 g/mol. The maximum atomic E-state index is 11.5. The number of carbonyl (C=O) groups is 1. The first kappa shape index (κ1) is 8.03. The van der Waals surface area contributed by atoms with E-state index in [-0.39, 0.29) is 10.8 Å². The molecule has 1 nitrogen and oxygen atoms in total. The van der Waals surface area contributed by atoms with Crippen LogP contribution in [0.15, 0.2) is 12.2 Å². The van der Waals surface area contributed by atoms with Crippen LogP contribution in [0.4, 0.5) is 0 Å². The molecule has 0 unspecified atom stereocenters. The molecule has 2 rings (SSSR count). The average Bonchev–Trinajstić information content (AvgIpc) is 2.34. The van der Waals surface area contributed by atoms with Crippen LogP contribution in [0.1, 0.15) is 39.5 Å². The summed E-state index contributed by atoms with van der Waals surface area (Å²) >= 11 is 0. The predicted molar refractivity (Wildman–Crippen MR) is 48.8 cm³/mol. The van der Waals surface area contributed by atoms with Crippen molar-refractivity contribution in [2.24, 2.45) is 10.8 Å². The lowest BCUT2D eigenvalue weighted by molar-refractivity contribution is -0.115. The Morgan fingerprint density at radius 3 is 2.58 bits per heavy atom. The van der Waals surface area contributed by atoms with E-state index in [2.05, 4.69) is 20.4 Å². The van der Waals surface area contributed by atoms with Gasteiger partial charge in [0.25, 0.3) is 0 Å². The lowest BCUT2D eigenvalue weighted by Crippen LogP contribution is -2.26. The van der Waals surface area contributed by atoms with Crippen LogP contribution in [-0.4, -0.2) is 5.78 Å². The quantitative estimate of drug-likeness (QED) is 0.503. The van der Waals surface area contributed by atoms with Gasteiger partial charge in [-0.15, -0.1) is 0 Å². The van der Waals surface area contributed by atoms with E-state index in [9.17, 15) is 4.79 Å². The Morgan fingerprint density at radius 1 is 1.33 bits per heavy atom. The zero-order valence-electron chi connectivity index (χ0n) is 7.94. The first-order valence-electron chi connectivity index (χ1n) is 4.72. The summed E-state index contributed by atoms with van der Waals surface area (Å²) in [7, 11) is 0. The number of carbonyl (C=O) groups excluding carboxylic acids is 1. The molecule has 0 bridgehead atoms. The number of fused-ring (bicyclic) bond motifs is 1. The fourth-order valence-corrected chi connectivity index (χ4v) is 2.98. The van der Waals surface area contributed by atoms with Crippen LogP contribution < -0.4 is 0 Å². The highest BCUT2D eigenvalue weighted by Gasteiger charge is 2.57. The van der Waals surface area contributed by atoms with Crippen molar-refractivity contribution >= 4 is 5.78 Å². The van der Waals surface area contributed by atoms with Gasteiger partial charge in [0.1, 0.15) is 0 Å². The zero-order chi connectivity index (χ0) is 8.98. The molecule has 2 saturated carbocycles. The number of hydrogen-bond donors (Lipinski definition) is 0. The minimum atomic E-state index is 0.129. The van der Waals surface area contributed by atoms with Crippen LogP contribution in [0.5, 0.6) is 0 Å². The molecule has 0 aliphatic heterocycles. The Hall–Kier alpha value is -0.590. The van der Waals surface area contributed by atoms with Crippen molar-refractivity contribution in [2.45, 2.75) is 39.5 Å². The Morgan fingerprint density at radius 2 is 2.00 bits per heavy atom. The molecule has 2 aliphatic rings. The molecule has 0 N–H and O–H groups in total. The smallest absolute Gasteiger partial charge is 0.159 e. The number of Topliss-reactive ketones (excluding diaryl/α,β-unsaturated/α-hetero) is 1. The summed E-state index contributed by atoms with van der Waals surface area (Å²) in [5.41, 5.74) is 1.26. The molecule has 2 aliphatic carbocycles. The highest BCUT2D eigenvalue weighted by atomic mass is 16.1. The van der Waals surface area contributed by atoms with E-state index in [0.717, 1.165) is 18.4 Å². The van der Waals surface area contributed by atoms with Gasteiger partial charge in [0.05, 0.1) is 0 Å². The maximum absolute atomic E-state index is 11.5. The zero-order valence-corrected chi connectivity index (χ0v) is 7.94. The Bertz CT molecular complexity index is 266. The lowest BCUT2D eigenvalue weighted by atomic mass is 9.69. The summed E-state index contributed by atoms with van der Waals surface area (Å²) in [4.78, 5) is 11.5. The lowest BCUT2D eigenvalue weighted by Gasteiger charge is -2.33. The van der Waals surface area contributed by atoms with Crippen molar-refractivity contribution in [3.05, 3.63) is 12.2 Å². The van der Waals surface area contributed by atoms with E-state index < -0.39 is 0 Å². The molecule has 0 aromatic carbocycles. The van der Waals surface area contributed by atoms with Gasteiger partial charge in [0.15, 0.2) is 5.78 Å². The van der Waals surface area contributed by atoms with Crippen molar-refractivity contribution in [1.29, 1.82) is 0 Å². The molecule has 0 radical (unpaired) electrons. The van der Waals surface area contributed by atoms with Crippen LogP contribution in [0.25, 0.3) is 0 Å². The van der Waals surface area contributed by atoms with Gasteiger partial charge in [-0.2, -0.15) is 0 Å². The SMILES string of the molecule is C=C1C(=O)C[C@]2(C)CCC[C@]12C. The molecule has 12 heavy (non-hydrogen) atoms. The fourth-order valence-electron chi connectivity index (χ4n) is 2.98. The van der Waals surface area contributed by atoms with E-state index in [1.807, 2.05) is 0 Å². The van der Waals surface area contributed by atoms with Crippen molar-refractivity contribution in [2.75, 3.05) is 0 Å². The average molecular weight is 164 g/mol. The summed E-state index contributed by atoms with van der Waals surface area (Å²) in [6, 6.07) is 0. The molecule has 0 saturated heterocycles. The van der Waals surface area contributed by atoms with Crippen LogP contribution in [0, 0.1) is 10.8 Å². The summed E-state index contributed by atoms with van der Waals surface area (Å²) in [6.45, 7) is 8.41. The fraction of sp³-hybridized carbons (Fsp3) is 0.727. The van der Waals surface area contributed by atoms with Crippen molar-refractivity contribution in [3.63, 3.8) is 0 Å². The van der Waals surface area contributed by atoms with Gasteiger partial charge in [-0.1, -0.05) is 26.8 Å². The first-order chi connectivity index (χ1) is 5.50. The van der Waals surface area contributed by atoms with Crippen LogP contribution >= 0.6 is 0 Å². The second kappa shape index (κ2) is 2.01. The largest absolute Gasteiger partial charge is 0.295 e. The van der Waals surface area contributed by atoms with Gasteiger partial charge in [-0.25, -0.2) is 0 Å². The third kappa shape index (κ3) is 0.675. The van der Waals surface area contributed by atoms with Gasteiger partial charge in [-0.3, -0.25) is 4.79 Å². The molecule has 0 spiro atoms. The van der Waals surface area contributed by atoms with Gasteiger partial charge in [0.2, 0.25) is 0 Å². The minimum absolute atomic E-state index is 0.129. The Balaban J connectivity index is 2.48. The molecule has 0 aromatic rings. The second-order valence-corrected chi connectivity index (χ2v) is 4.82. The second-order valence-electron chi connectivity index (χ2n) is 4.82. The molecule has 0 aromatic heterocycles. The van der Waals surface area contributed by atoms with E-state index in [4.69, 9.17) is 0 Å². The van der Waals surface area contributed by atoms with Crippen molar-refractivity contribution in [1.82, 2.24) is 0 Å². The third-order valence-electron chi connectivity index (χ3n) is 4.29. The minimum Gasteiger partial charge on any atom is -0.295 e. The first-order valence-corrected chi connectivity index (χ1v) is 4.72. The van der Waals surface area contributed by atoms with Gasteiger partial charge in [0, 0.05) is 11.8 Å². The standard InChI is InChI=1S/C11H16O/c1-8-9(12)7-10(2)5-4-6-11(8,10)3/h1,4-7H2,2-3H3/t10-,11+/m0/s1. The van der Waals surface area contributed by atoms with E-state index in [0.29, 0.717) is 5.78 Å². The molecule has 66 valence electrons. The molecule has 2 atom stereocenters. The molecule has 0 amide bonds. The Kier molecular flexibility index (Phi) is 1.35. The van der Waals surface area contributed by atoms with E-state index in [1.165, 1.54) is 12.8 Å². The van der Waals surface area contributed by atoms with E-state index >= 15 is 0 Å². The third-order valence-corrected chi connectivity index (χ3v) is 4.29. The number of allylic oxidation sites excluding steroid dienone is 1. The Labute approximate surface area is 73.8 Å². The summed E-state index contributed by atoms with van der Waals surface area (Å²) in [5, 5.41) is 0. The predicted octanol–water partition coefficient (Wildman–Crippen LogP) is 2.71. The van der Waals surface area contributed by atoms with Gasteiger partial charge < -0.3 is 0 Å². The van der Waals surface area contributed by atoms with Crippen molar-refractivity contribution in [3.8, 4) is 0 Å². The molecule has 2 fully saturated rings. The highest BCUT2D eigenvalue weighted by molar-refractivity contribution is 5.99. The van der Waals surface area contributed by atoms with Crippen LogP contribution in [0.3, 0.4) is 0 Å². The maximum Gasteiger partial charge on any atom is 0.159 e. The van der Waals surface area contributed by atoms with Crippen molar-refractivity contribution < 1.29 is 4.79 Å². The number of rotatable bonds is 0. The molecule has 1 heteroatoms. The number of ketones is 1.